The van der Waals surface area contributed by atoms with E-state index in [9.17, 15) is 13.2 Å². The Labute approximate surface area is 99.3 Å². The van der Waals surface area contributed by atoms with Gasteiger partial charge in [0.05, 0.1) is 6.54 Å². The minimum Gasteiger partial charge on any atom is -0.306 e. The van der Waals surface area contributed by atoms with Crippen LogP contribution < -0.4 is 5.32 Å². The lowest BCUT2D eigenvalue weighted by Gasteiger charge is -2.19. The summed E-state index contributed by atoms with van der Waals surface area (Å²) in [7, 11) is 0. The number of nitrogens with zero attached hydrogens (tertiary/aromatic N) is 1. The SMILES string of the molecule is CC(CC(C)c1cccnc1)NCC(F)(F)F. The normalized spacial score (nSPS) is 15.6. The highest BCUT2D eigenvalue weighted by Gasteiger charge is 2.27. The van der Waals surface area contributed by atoms with Gasteiger partial charge in [-0.15, -0.1) is 0 Å². The number of pyridine rings is 1. The average Bonchev–Trinajstić information content (AvgIpc) is 2.27. The number of hydrogen-bond acceptors (Lipinski definition) is 2. The molecule has 0 amide bonds. The molecule has 0 bridgehead atoms. The molecule has 0 saturated carbocycles. The molecule has 0 saturated heterocycles. The lowest BCUT2D eigenvalue weighted by Crippen LogP contribution is -2.36. The van der Waals surface area contributed by atoms with Crippen LogP contribution in [0.5, 0.6) is 0 Å². The van der Waals surface area contributed by atoms with Crippen molar-refractivity contribution >= 4 is 0 Å². The molecule has 1 rings (SSSR count). The van der Waals surface area contributed by atoms with Gasteiger partial charge in [-0.1, -0.05) is 13.0 Å². The summed E-state index contributed by atoms with van der Waals surface area (Å²) < 4.78 is 36.0. The van der Waals surface area contributed by atoms with Crippen molar-refractivity contribution in [2.45, 2.75) is 38.4 Å². The molecule has 0 aliphatic heterocycles. The highest BCUT2D eigenvalue weighted by molar-refractivity contribution is 5.13. The number of halogens is 3. The second kappa shape index (κ2) is 6.00. The third-order valence-corrected chi connectivity index (χ3v) is 2.61. The van der Waals surface area contributed by atoms with E-state index >= 15 is 0 Å². The Morgan fingerprint density at radius 3 is 2.59 bits per heavy atom. The second-order valence-corrected chi connectivity index (χ2v) is 4.32. The molecule has 0 spiro atoms. The van der Waals surface area contributed by atoms with Gasteiger partial charge < -0.3 is 5.32 Å². The highest BCUT2D eigenvalue weighted by Crippen LogP contribution is 2.20. The summed E-state index contributed by atoms with van der Waals surface area (Å²) in [5.41, 5.74) is 1.05. The summed E-state index contributed by atoms with van der Waals surface area (Å²) in [6, 6.07) is 3.60. The minimum absolute atomic E-state index is 0.174. The Kier molecular flexibility index (Phi) is 4.93. The second-order valence-electron chi connectivity index (χ2n) is 4.32. The Hall–Kier alpha value is -1.10. The van der Waals surface area contributed by atoms with Crippen molar-refractivity contribution < 1.29 is 13.2 Å². The van der Waals surface area contributed by atoms with Crippen molar-refractivity contribution in [3.8, 4) is 0 Å². The van der Waals surface area contributed by atoms with E-state index in [1.54, 1.807) is 19.3 Å². The van der Waals surface area contributed by atoms with Crippen LogP contribution in [0.3, 0.4) is 0 Å². The van der Waals surface area contributed by atoms with E-state index in [0.717, 1.165) is 5.56 Å². The molecule has 1 N–H and O–H groups in total. The van der Waals surface area contributed by atoms with Crippen LogP contribution in [-0.4, -0.2) is 23.7 Å². The van der Waals surface area contributed by atoms with E-state index in [2.05, 4.69) is 10.3 Å². The molecule has 0 aliphatic carbocycles. The van der Waals surface area contributed by atoms with Crippen LogP contribution in [0.1, 0.15) is 31.7 Å². The van der Waals surface area contributed by atoms with Gasteiger partial charge in [-0.2, -0.15) is 13.2 Å². The predicted octanol–water partition coefficient (Wildman–Crippen LogP) is 3.12. The van der Waals surface area contributed by atoms with Crippen LogP contribution in [0, 0.1) is 0 Å². The Morgan fingerprint density at radius 2 is 2.06 bits per heavy atom. The Bertz CT molecular complexity index is 324. The van der Waals surface area contributed by atoms with Crippen LogP contribution >= 0.6 is 0 Å². The van der Waals surface area contributed by atoms with Gasteiger partial charge in [0.25, 0.3) is 0 Å². The Morgan fingerprint density at radius 1 is 1.35 bits per heavy atom. The van der Waals surface area contributed by atoms with Crippen molar-refractivity contribution in [3.63, 3.8) is 0 Å². The molecule has 17 heavy (non-hydrogen) atoms. The largest absolute Gasteiger partial charge is 0.401 e. The molecule has 1 aromatic heterocycles. The average molecular weight is 246 g/mol. The summed E-state index contributed by atoms with van der Waals surface area (Å²) in [4.78, 5) is 4.00. The van der Waals surface area contributed by atoms with Crippen molar-refractivity contribution in [3.05, 3.63) is 30.1 Å². The zero-order valence-electron chi connectivity index (χ0n) is 9.96. The number of aromatic nitrogens is 1. The first kappa shape index (κ1) is 14.0. The predicted molar refractivity (Wildman–Crippen MR) is 60.8 cm³/mol. The summed E-state index contributed by atoms with van der Waals surface area (Å²) in [5, 5.41) is 2.48. The van der Waals surface area contributed by atoms with E-state index in [0.29, 0.717) is 6.42 Å². The molecule has 0 aromatic carbocycles. The summed E-state index contributed by atoms with van der Waals surface area (Å²) in [5.74, 6) is 0.194. The molecule has 2 nitrogen and oxygen atoms in total. The molecule has 2 atom stereocenters. The van der Waals surface area contributed by atoms with Crippen LogP contribution in [0.15, 0.2) is 24.5 Å². The third-order valence-electron chi connectivity index (χ3n) is 2.61. The molecule has 1 aromatic rings. The molecule has 1 heterocycles. The molecule has 5 heteroatoms. The first-order chi connectivity index (χ1) is 7.88. The van der Waals surface area contributed by atoms with E-state index in [-0.39, 0.29) is 12.0 Å². The third kappa shape index (κ3) is 5.68. The molecule has 0 aliphatic rings. The van der Waals surface area contributed by atoms with Crippen molar-refractivity contribution in [2.24, 2.45) is 0 Å². The smallest absolute Gasteiger partial charge is 0.306 e. The van der Waals surface area contributed by atoms with Crippen LogP contribution in [0.4, 0.5) is 13.2 Å². The van der Waals surface area contributed by atoms with Crippen LogP contribution in [0.25, 0.3) is 0 Å². The zero-order valence-corrected chi connectivity index (χ0v) is 9.96. The van der Waals surface area contributed by atoms with Crippen LogP contribution in [-0.2, 0) is 0 Å². The summed E-state index contributed by atoms with van der Waals surface area (Å²) in [6.45, 7) is 2.81. The Balaban J connectivity index is 2.39. The van der Waals surface area contributed by atoms with E-state index < -0.39 is 12.7 Å². The summed E-state index contributed by atoms with van der Waals surface area (Å²) in [6.07, 6.45) is -0.0593. The lowest BCUT2D eigenvalue weighted by molar-refractivity contribution is -0.126. The first-order valence-electron chi connectivity index (χ1n) is 5.58. The van der Waals surface area contributed by atoms with Crippen molar-refractivity contribution in [1.29, 1.82) is 0 Å². The standard InChI is InChI=1S/C12H17F3N2/c1-9(11-4-3-5-16-7-11)6-10(2)17-8-12(13,14)15/h3-5,7,9-10,17H,6,8H2,1-2H3. The fraction of sp³-hybridized carbons (Fsp3) is 0.583. The number of rotatable bonds is 5. The fourth-order valence-electron chi connectivity index (χ4n) is 1.71. The lowest BCUT2D eigenvalue weighted by atomic mass is 9.96. The zero-order chi connectivity index (χ0) is 12.9. The van der Waals surface area contributed by atoms with Crippen LogP contribution in [0.2, 0.25) is 0 Å². The van der Waals surface area contributed by atoms with E-state index in [1.807, 2.05) is 19.1 Å². The minimum atomic E-state index is -4.15. The van der Waals surface area contributed by atoms with E-state index in [1.165, 1.54) is 0 Å². The number of hydrogen-bond donors (Lipinski definition) is 1. The molecule has 0 radical (unpaired) electrons. The number of alkyl halides is 3. The maximum absolute atomic E-state index is 12.0. The molecular formula is C12H17F3N2. The molecular weight excluding hydrogens is 229 g/mol. The van der Waals surface area contributed by atoms with Gasteiger partial charge in [0, 0.05) is 18.4 Å². The quantitative estimate of drug-likeness (QED) is 0.863. The van der Waals surface area contributed by atoms with Gasteiger partial charge in [0.1, 0.15) is 0 Å². The van der Waals surface area contributed by atoms with Gasteiger partial charge in [-0.3, -0.25) is 4.98 Å². The van der Waals surface area contributed by atoms with Gasteiger partial charge in [0.2, 0.25) is 0 Å². The van der Waals surface area contributed by atoms with E-state index in [4.69, 9.17) is 0 Å². The van der Waals surface area contributed by atoms with Gasteiger partial charge in [-0.05, 0) is 30.9 Å². The molecule has 96 valence electrons. The maximum Gasteiger partial charge on any atom is 0.401 e. The summed E-state index contributed by atoms with van der Waals surface area (Å²) >= 11 is 0. The monoisotopic (exact) mass is 246 g/mol. The van der Waals surface area contributed by atoms with Crippen molar-refractivity contribution in [1.82, 2.24) is 10.3 Å². The highest BCUT2D eigenvalue weighted by atomic mass is 19.4. The topological polar surface area (TPSA) is 24.9 Å². The molecule has 0 fully saturated rings. The van der Waals surface area contributed by atoms with Gasteiger partial charge >= 0.3 is 6.18 Å². The van der Waals surface area contributed by atoms with Gasteiger partial charge in [-0.25, -0.2) is 0 Å². The fourth-order valence-corrected chi connectivity index (χ4v) is 1.71. The maximum atomic E-state index is 12.0. The van der Waals surface area contributed by atoms with Crippen molar-refractivity contribution in [2.75, 3.05) is 6.54 Å². The molecule has 2 unspecified atom stereocenters. The van der Waals surface area contributed by atoms with Gasteiger partial charge in [0.15, 0.2) is 0 Å². The number of nitrogens with one attached hydrogen (secondary N) is 1. The first-order valence-corrected chi connectivity index (χ1v) is 5.58.